The molecule has 0 unspecified atom stereocenters. The van der Waals surface area contributed by atoms with Gasteiger partial charge in [-0.2, -0.15) is 0 Å². The molecule has 0 atom stereocenters. The molecule has 23 heavy (non-hydrogen) atoms. The molecule has 3 heteroatoms. The fourth-order valence-electron chi connectivity index (χ4n) is 3.27. The molecule has 0 amide bonds. The average molecular weight is 302 g/mol. The van der Waals surface area contributed by atoms with Crippen molar-refractivity contribution in [2.75, 3.05) is 11.4 Å². The van der Waals surface area contributed by atoms with Crippen LogP contribution in [0.3, 0.4) is 0 Å². The zero-order valence-electron chi connectivity index (χ0n) is 13.5. The summed E-state index contributed by atoms with van der Waals surface area (Å²) in [6, 6.07) is 15.0. The van der Waals surface area contributed by atoms with Gasteiger partial charge >= 0.3 is 0 Å². The van der Waals surface area contributed by atoms with E-state index in [1.807, 2.05) is 0 Å². The van der Waals surface area contributed by atoms with E-state index in [2.05, 4.69) is 101 Å². The summed E-state index contributed by atoms with van der Waals surface area (Å²) in [7, 11) is 2.11. The van der Waals surface area contributed by atoms with Crippen molar-refractivity contribution in [3.63, 3.8) is 0 Å². The molecule has 0 saturated heterocycles. The third-order valence-electron chi connectivity index (χ3n) is 4.52. The van der Waals surface area contributed by atoms with E-state index < -0.39 is 0 Å². The molecule has 0 saturated carbocycles. The van der Waals surface area contributed by atoms with E-state index in [4.69, 9.17) is 0 Å². The van der Waals surface area contributed by atoms with Crippen LogP contribution >= 0.6 is 0 Å². The zero-order valence-corrected chi connectivity index (χ0v) is 13.5. The Balaban J connectivity index is 1.87. The Morgan fingerprint density at radius 1 is 0.957 bits per heavy atom. The first kappa shape index (κ1) is 13.8. The molecule has 3 aromatic rings. The Morgan fingerprint density at radius 2 is 1.78 bits per heavy atom. The Labute approximate surface area is 136 Å². The number of rotatable bonds is 2. The van der Waals surface area contributed by atoms with E-state index in [-0.39, 0.29) is 0 Å². The molecule has 0 aliphatic carbocycles. The predicted molar refractivity (Wildman–Crippen MR) is 94.8 cm³/mol. The van der Waals surface area contributed by atoms with Gasteiger partial charge in [-0.05, 0) is 31.2 Å². The number of hydrogen-bond acceptors (Lipinski definition) is 1. The van der Waals surface area contributed by atoms with Crippen LogP contribution in [-0.4, -0.2) is 11.2 Å². The van der Waals surface area contributed by atoms with Gasteiger partial charge in [0.05, 0.1) is 11.6 Å². The highest BCUT2D eigenvalue weighted by atomic mass is 15.4. The molecule has 0 radical (unpaired) electrons. The number of aromatic nitrogens is 2. The molecule has 0 fully saturated rings. The lowest BCUT2D eigenvalue weighted by Crippen LogP contribution is -2.38. The quantitative estimate of drug-likeness (QED) is 0.658. The van der Waals surface area contributed by atoms with E-state index >= 15 is 0 Å². The van der Waals surface area contributed by atoms with Crippen molar-refractivity contribution in [2.24, 2.45) is 7.05 Å². The van der Waals surface area contributed by atoms with Gasteiger partial charge in [0.1, 0.15) is 5.69 Å². The lowest BCUT2D eigenvalue weighted by molar-refractivity contribution is -0.720. The third-order valence-corrected chi connectivity index (χ3v) is 4.52. The van der Waals surface area contributed by atoms with E-state index in [1.54, 1.807) is 0 Å². The lowest BCUT2D eigenvalue weighted by atomic mass is 10.1. The van der Waals surface area contributed by atoms with E-state index in [9.17, 15) is 0 Å². The van der Waals surface area contributed by atoms with Crippen molar-refractivity contribution < 1.29 is 4.68 Å². The number of hydrogen-bond donors (Lipinski definition) is 0. The van der Waals surface area contributed by atoms with Crippen molar-refractivity contribution in [3.8, 4) is 5.69 Å². The molecule has 0 spiro atoms. The standard InChI is InChI=1S/C20H20N3/c1-16-18(22-13-6-3-7-14-22)11-8-12-19(16)23-15-17-9-4-5-10-20(17)21(23)2/h3-13,15H,14H2,1-2H3/q+1. The van der Waals surface area contributed by atoms with Crippen LogP contribution in [0.5, 0.6) is 0 Å². The Morgan fingerprint density at radius 3 is 2.57 bits per heavy atom. The van der Waals surface area contributed by atoms with E-state index in [1.165, 1.54) is 27.8 Å². The topological polar surface area (TPSA) is 12.1 Å². The minimum Gasteiger partial charge on any atom is -0.344 e. The monoisotopic (exact) mass is 302 g/mol. The van der Waals surface area contributed by atoms with Gasteiger partial charge in [0, 0.05) is 30.1 Å². The van der Waals surface area contributed by atoms with Gasteiger partial charge in [-0.3, -0.25) is 0 Å². The van der Waals surface area contributed by atoms with Gasteiger partial charge in [-0.15, -0.1) is 9.36 Å². The van der Waals surface area contributed by atoms with Crippen molar-refractivity contribution in [2.45, 2.75) is 6.92 Å². The first-order valence-electron chi connectivity index (χ1n) is 7.92. The molecule has 1 aliphatic heterocycles. The smallest absolute Gasteiger partial charge is 0.238 e. The summed E-state index contributed by atoms with van der Waals surface area (Å²) in [4.78, 5) is 2.28. The summed E-state index contributed by atoms with van der Waals surface area (Å²) in [5.74, 6) is 0. The third kappa shape index (κ3) is 2.25. The fraction of sp³-hybridized carbons (Fsp3) is 0.150. The molecule has 114 valence electrons. The van der Waals surface area contributed by atoms with Crippen LogP contribution in [0.4, 0.5) is 5.69 Å². The minimum absolute atomic E-state index is 0.917. The van der Waals surface area contributed by atoms with E-state index in [0.717, 1.165) is 6.54 Å². The van der Waals surface area contributed by atoms with Crippen molar-refractivity contribution in [1.82, 2.24) is 4.68 Å². The summed E-state index contributed by atoms with van der Waals surface area (Å²) >= 11 is 0. The van der Waals surface area contributed by atoms with E-state index in [0.29, 0.717) is 0 Å². The first-order chi connectivity index (χ1) is 11.3. The molecule has 0 bridgehead atoms. The van der Waals surface area contributed by atoms with Gasteiger partial charge in [-0.25, -0.2) is 0 Å². The number of benzene rings is 2. The van der Waals surface area contributed by atoms with Gasteiger partial charge < -0.3 is 4.90 Å². The lowest BCUT2D eigenvalue weighted by Gasteiger charge is -2.23. The first-order valence-corrected chi connectivity index (χ1v) is 7.92. The maximum absolute atomic E-state index is 2.28. The Hall–Kier alpha value is -2.81. The molecule has 2 heterocycles. The van der Waals surface area contributed by atoms with Gasteiger partial charge in [0.2, 0.25) is 5.52 Å². The van der Waals surface area contributed by atoms with Crippen LogP contribution in [0, 0.1) is 6.92 Å². The highest BCUT2D eigenvalue weighted by Crippen LogP contribution is 2.27. The van der Waals surface area contributed by atoms with Gasteiger partial charge in [0.25, 0.3) is 0 Å². The molecule has 1 aliphatic rings. The number of para-hydroxylation sites is 1. The van der Waals surface area contributed by atoms with Crippen LogP contribution < -0.4 is 9.58 Å². The normalized spacial score (nSPS) is 13.9. The fourth-order valence-corrected chi connectivity index (χ4v) is 3.27. The molecular weight excluding hydrogens is 282 g/mol. The van der Waals surface area contributed by atoms with Crippen molar-refractivity contribution in [1.29, 1.82) is 0 Å². The molecule has 0 N–H and O–H groups in total. The van der Waals surface area contributed by atoms with Gasteiger partial charge in [0.15, 0.2) is 7.05 Å². The second-order valence-electron chi connectivity index (χ2n) is 5.90. The largest absolute Gasteiger partial charge is 0.344 e. The molecule has 3 nitrogen and oxygen atoms in total. The molecule has 1 aromatic heterocycles. The zero-order chi connectivity index (χ0) is 15.8. The number of aryl methyl sites for hydroxylation is 1. The predicted octanol–water partition coefficient (Wildman–Crippen LogP) is 3.65. The summed E-state index contributed by atoms with van der Waals surface area (Å²) < 4.78 is 4.43. The van der Waals surface area contributed by atoms with Crippen molar-refractivity contribution >= 4 is 16.6 Å². The molecule has 2 aromatic carbocycles. The van der Waals surface area contributed by atoms with Crippen LogP contribution in [0.15, 0.2) is 73.1 Å². The minimum atomic E-state index is 0.917. The highest BCUT2D eigenvalue weighted by Gasteiger charge is 2.18. The van der Waals surface area contributed by atoms with Crippen LogP contribution in [0.25, 0.3) is 16.6 Å². The number of allylic oxidation sites excluding steroid dienone is 2. The average Bonchev–Trinajstić information content (AvgIpc) is 2.93. The van der Waals surface area contributed by atoms with Crippen LogP contribution in [0.1, 0.15) is 5.56 Å². The van der Waals surface area contributed by atoms with Crippen molar-refractivity contribution in [3.05, 3.63) is 78.7 Å². The SMILES string of the molecule is Cc1c(N2C=CC=CC2)cccc1-n1cc2ccccc2[n+]1C. The summed E-state index contributed by atoms with van der Waals surface area (Å²) in [6.45, 7) is 3.11. The van der Waals surface area contributed by atoms with Gasteiger partial charge in [-0.1, -0.05) is 30.4 Å². The number of anilines is 1. The summed E-state index contributed by atoms with van der Waals surface area (Å²) in [6.07, 6.45) is 10.7. The number of fused-ring (bicyclic) bond motifs is 1. The summed E-state index contributed by atoms with van der Waals surface area (Å²) in [5.41, 5.74) is 4.98. The highest BCUT2D eigenvalue weighted by molar-refractivity contribution is 5.75. The molecular formula is C20H20N3+. The Kier molecular flexibility index (Phi) is 3.27. The second kappa shape index (κ2) is 5.43. The number of nitrogens with zero attached hydrogens (tertiary/aromatic N) is 3. The summed E-state index contributed by atoms with van der Waals surface area (Å²) in [5, 5.41) is 1.25. The maximum atomic E-state index is 2.28. The van der Waals surface area contributed by atoms with Crippen LogP contribution in [-0.2, 0) is 7.05 Å². The molecule has 4 rings (SSSR count). The maximum Gasteiger partial charge on any atom is 0.238 e. The Bertz CT molecular complexity index is 931. The second-order valence-corrected chi connectivity index (χ2v) is 5.90. The van der Waals surface area contributed by atoms with Crippen LogP contribution in [0.2, 0.25) is 0 Å².